The lowest BCUT2D eigenvalue weighted by molar-refractivity contribution is 0.0834. The number of nitrogen functional groups attached to an aromatic ring is 1. The Bertz CT molecular complexity index is 962. The molecule has 3 aromatic rings. The van der Waals surface area contributed by atoms with Crippen LogP contribution in [0.1, 0.15) is 4.79 Å². The molecule has 0 bridgehead atoms. The van der Waals surface area contributed by atoms with Crippen LogP contribution >= 0.6 is 23.2 Å². The van der Waals surface area contributed by atoms with E-state index >= 15 is 0 Å². The van der Waals surface area contributed by atoms with E-state index in [1.165, 1.54) is 24.3 Å². The van der Waals surface area contributed by atoms with Crippen LogP contribution in [0.25, 0.3) is 11.1 Å². The van der Waals surface area contributed by atoms with Crippen molar-refractivity contribution in [3.05, 3.63) is 57.0 Å². The molecule has 1 heterocycles. The Morgan fingerprint density at radius 3 is 2.74 bits per heavy atom. The van der Waals surface area contributed by atoms with Crippen LogP contribution in [0.3, 0.4) is 0 Å². The van der Waals surface area contributed by atoms with Gasteiger partial charge in [-0.2, -0.15) is 0 Å². The van der Waals surface area contributed by atoms with Crippen LogP contribution in [0.4, 0.5) is 5.69 Å². The lowest BCUT2D eigenvalue weighted by atomic mass is 10.3. The standard InChI is InChI=1S/C15H10Cl2N2O4/c16-8-1-4-12(10(17)5-8)22-7-14(20)19-11-3-2-9(18)6-13(11)23-15(19)21/h1-6H,7,18H2. The number of fused-ring (bicyclic) bond motifs is 1. The summed E-state index contributed by atoms with van der Waals surface area (Å²) in [5, 5.41) is 0.714. The van der Waals surface area contributed by atoms with Crippen LogP contribution in [0, 0.1) is 0 Å². The maximum absolute atomic E-state index is 12.3. The minimum Gasteiger partial charge on any atom is -0.482 e. The number of halogens is 2. The molecule has 8 heteroatoms. The average Bonchev–Trinajstić information content (AvgIpc) is 2.81. The van der Waals surface area contributed by atoms with Crippen molar-refractivity contribution in [2.75, 3.05) is 12.3 Å². The first-order chi connectivity index (χ1) is 11.0. The summed E-state index contributed by atoms with van der Waals surface area (Å²) in [6.07, 6.45) is 0. The number of anilines is 1. The molecule has 0 aliphatic carbocycles. The van der Waals surface area contributed by atoms with Gasteiger partial charge in [-0.25, -0.2) is 9.36 Å². The molecule has 0 aliphatic heterocycles. The third kappa shape index (κ3) is 3.04. The number of hydrogen-bond donors (Lipinski definition) is 1. The van der Waals surface area contributed by atoms with Gasteiger partial charge in [0.15, 0.2) is 12.2 Å². The number of carbonyl (C=O) groups is 1. The zero-order valence-corrected chi connectivity index (χ0v) is 13.1. The largest absolute Gasteiger partial charge is 0.482 e. The number of oxazole rings is 1. The molecule has 2 N–H and O–H groups in total. The molecule has 0 atom stereocenters. The molecule has 0 spiro atoms. The van der Waals surface area contributed by atoms with Gasteiger partial charge in [-0.3, -0.25) is 4.79 Å². The van der Waals surface area contributed by atoms with Crippen molar-refractivity contribution >= 4 is 45.9 Å². The van der Waals surface area contributed by atoms with Gasteiger partial charge in [0, 0.05) is 16.8 Å². The molecule has 0 aliphatic rings. The Balaban J connectivity index is 1.86. The second kappa shape index (κ2) is 5.98. The fourth-order valence-electron chi connectivity index (χ4n) is 2.07. The number of hydrogen-bond acceptors (Lipinski definition) is 5. The summed E-state index contributed by atoms with van der Waals surface area (Å²) in [7, 11) is 0. The van der Waals surface area contributed by atoms with E-state index in [2.05, 4.69) is 0 Å². The minimum atomic E-state index is -0.804. The first kappa shape index (κ1) is 15.5. The van der Waals surface area contributed by atoms with E-state index in [1.54, 1.807) is 12.1 Å². The molecule has 0 amide bonds. The fourth-order valence-corrected chi connectivity index (χ4v) is 2.53. The first-order valence-electron chi connectivity index (χ1n) is 6.48. The quantitative estimate of drug-likeness (QED) is 0.731. The van der Waals surface area contributed by atoms with Gasteiger partial charge >= 0.3 is 5.76 Å². The molecule has 0 saturated heterocycles. The second-order valence-electron chi connectivity index (χ2n) is 4.69. The maximum atomic E-state index is 12.3. The van der Waals surface area contributed by atoms with Crippen LogP contribution in [-0.4, -0.2) is 17.1 Å². The van der Waals surface area contributed by atoms with Crippen LogP contribution in [0.5, 0.6) is 5.75 Å². The summed E-state index contributed by atoms with van der Waals surface area (Å²) < 4.78 is 11.2. The number of nitrogens with two attached hydrogens (primary N) is 1. The Kier molecular flexibility index (Phi) is 4.02. The number of aromatic nitrogens is 1. The molecule has 0 radical (unpaired) electrons. The van der Waals surface area contributed by atoms with Gasteiger partial charge in [0.05, 0.1) is 10.5 Å². The van der Waals surface area contributed by atoms with Gasteiger partial charge in [0.2, 0.25) is 0 Å². The molecule has 3 rings (SSSR count). The normalized spacial score (nSPS) is 10.9. The Labute approximate surface area is 140 Å². The van der Waals surface area contributed by atoms with E-state index in [0.29, 0.717) is 16.2 Å². The third-order valence-electron chi connectivity index (χ3n) is 3.10. The van der Waals surface area contributed by atoms with Crippen molar-refractivity contribution in [1.82, 2.24) is 4.57 Å². The van der Waals surface area contributed by atoms with Crippen molar-refractivity contribution in [1.29, 1.82) is 0 Å². The summed E-state index contributed by atoms with van der Waals surface area (Å²) in [5.41, 5.74) is 6.59. The zero-order valence-electron chi connectivity index (χ0n) is 11.6. The fraction of sp³-hybridized carbons (Fsp3) is 0.0667. The molecule has 0 saturated carbocycles. The molecule has 1 aromatic heterocycles. The molecule has 23 heavy (non-hydrogen) atoms. The molecular formula is C15H10Cl2N2O4. The van der Waals surface area contributed by atoms with Crippen molar-refractivity contribution in [2.24, 2.45) is 0 Å². The van der Waals surface area contributed by atoms with Crippen LogP contribution in [-0.2, 0) is 0 Å². The Morgan fingerprint density at radius 2 is 2.00 bits per heavy atom. The molecule has 2 aromatic carbocycles. The highest BCUT2D eigenvalue weighted by atomic mass is 35.5. The predicted molar refractivity (Wildman–Crippen MR) is 87.5 cm³/mol. The molecule has 6 nitrogen and oxygen atoms in total. The van der Waals surface area contributed by atoms with Gasteiger partial charge in [0.1, 0.15) is 5.75 Å². The van der Waals surface area contributed by atoms with E-state index in [4.69, 9.17) is 38.1 Å². The minimum absolute atomic E-state index is 0.230. The highest BCUT2D eigenvalue weighted by molar-refractivity contribution is 6.35. The average molecular weight is 353 g/mol. The molecule has 0 unspecified atom stereocenters. The predicted octanol–water partition coefficient (Wildman–Crippen LogP) is 3.20. The monoisotopic (exact) mass is 352 g/mol. The first-order valence-corrected chi connectivity index (χ1v) is 7.23. The van der Waals surface area contributed by atoms with Gasteiger partial charge in [-0.1, -0.05) is 23.2 Å². The summed E-state index contributed by atoms with van der Waals surface area (Å²) in [6, 6.07) is 9.17. The van der Waals surface area contributed by atoms with Crippen LogP contribution in [0.2, 0.25) is 10.0 Å². The number of carbonyl (C=O) groups excluding carboxylic acids is 1. The Morgan fingerprint density at radius 1 is 1.22 bits per heavy atom. The Hall–Kier alpha value is -2.44. The topological polar surface area (TPSA) is 87.5 Å². The highest BCUT2D eigenvalue weighted by Crippen LogP contribution is 2.27. The van der Waals surface area contributed by atoms with Crippen molar-refractivity contribution in [3.63, 3.8) is 0 Å². The SMILES string of the molecule is Nc1ccc2c(c1)oc(=O)n2C(=O)COc1ccc(Cl)cc1Cl. The lowest BCUT2D eigenvalue weighted by Crippen LogP contribution is -2.27. The van der Waals surface area contributed by atoms with E-state index in [0.717, 1.165) is 4.57 Å². The molecule has 0 fully saturated rings. The summed E-state index contributed by atoms with van der Waals surface area (Å²) in [5.74, 6) is -1.11. The summed E-state index contributed by atoms with van der Waals surface area (Å²) in [4.78, 5) is 24.1. The zero-order chi connectivity index (χ0) is 16.6. The van der Waals surface area contributed by atoms with E-state index in [1.807, 2.05) is 0 Å². The van der Waals surface area contributed by atoms with E-state index in [-0.39, 0.29) is 23.0 Å². The van der Waals surface area contributed by atoms with Gasteiger partial charge in [0.25, 0.3) is 5.91 Å². The number of benzene rings is 2. The van der Waals surface area contributed by atoms with Gasteiger partial charge in [-0.15, -0.1) is 0 Å². The van der Waals surface area contributed by atoms with Crippen LogP contribution < -0.4 is 16.2 Å². The van der Waals surface area contributed by atoms with E-state index in [9.17, 15) is 9.59 Å². The number of ether oxygens (including phenoxy) is 1. The van der Waals surface area contributed by atoms with Crippen molar-refractivity contribution in [3.8, 4) is 5.75 Å². The second-order valence-corrected chi connectivity index (χ2v) is 5.53. The van der Waals surface area contributed by atoms with Crippen molar-refractivity contribution in [2.45, 2.75) is 0 Å². The molecule has 118 valence electrons. The summed E-state index contributed by atoms with van der Waals surface area (Å²) >= 11 is 11.7. The van der Waals surface area contributed by atoms with Crippen LogP contribution in [0.15, 0.2) is 45.6 Å². The maximum Gasteiger partial charge on any atom is 0.426 e. The van der Waals surface area contributed by atoms with E-state index < -0.39 is 11.7 Å². The van der Waals surface area contributed by atoms with Gasteiger partial charge in [-0.05, 0) is 30.3 Å². The third-order valence-corrected chi connectivity index (χ3v) is 3.63. The molecular weight excluding hydrogens is 343 g/mol. The number of rotatable bonds is 3. The lowest BCUT2D eigenvalue weighted by Gasteiger charge is -2.07. The van der Waals surface area contributed by atoms with Crippen molar-refractivity contribution < 1.29 is 13.9 Å². The summed E-state index contributed by atoms with van der Waals surface area (Å²) in [6.45, 7) is -0.389. The smallest absolute Gasteiger partial charge is 0.426 e. The van der Waals surface area contributed by atoms with Gasteiger partial charge < -0.3 is 14.9 Å². The number of nitrogens with zero attached hydrogens (tertiary/aromatic N) is 1. The highest BCUT2D eigenvalue weighted by Gasteiger charge is 2.17.